The van der Waals surface area contributed by atoms with Crippen molar-refractivity contribution < 1.29 is 40.4 Å². The molecular formula is C24H17BrN2O4. The van der Waals surface area contributed by atoms with Crippen molar-refractivity contribution in [1.82, 2.24) is 5.16 Å². The van der Waals surface area contributed by atoms with Crippen molar-refractivity contribution in [3.63, 3.8) is 0 Å². The van der Waals surface area contributed by atoms with E-state index in [0.717, 1.165) is 6.54 Å². The summed E-state index contributed by atoms with van der Waals surface area (Å²) in [6.07, 6.45) is 3.82. The summed E-state index contributed by atoms with van der Waals surface area (Å²) in [6.45, 7) is 0.722. The zero-order chi connectivity index (χ0) is 20.7. The van der Waals surface area contributed by atoms with Crippen molar-refractivity contribution in [3.8, 4) is 17.0 Å². The van der Waals surface area contributed by atoms with E-state index in [9.17, 15) is 9.59 Å². The fourth-order valence-corrected chi connectivity index (χ4v) is 3.74. The number of benzene rings is 2. The number of nitrogens with zero attached hydrogens (tertiary/aromatic N) is 2. The van der Waals surface area contributed by atoms with Gasteiger partial charge in [-0.3, -0.25) is 9.59 Å². The number of methoxy groups -OCH3 is 1. The van der Waals surface area contributed by atoms with Crippen LogP contribution in [0.2, 0.25) is 0 Å². The number of halogens is 1. The molecule has 2 aromatic heterocycles. The maximum absolute atomic E-state index is 13.3. The standard InChI is InChI=1S/C24H17N2O4.BrH/c1-29-18-9-5-8-17-19(18)23(28)20-21(25-30-24(20)22(17)27)16-10-12-26(13-11-16)14-15-6-3-2-4-7-15;/h2-13H,14H2,1H3;1H/q+1;/p-1. The third kappa shape index (κ3) is 3.47. The Kier molecular flexibility index (Phi) is 5.52. The van der Waals surface area contributed by atoms with Gasteiger partial charge in [0, 0.05) is 28.8 Å². The van der Waals surface area contributed by atoms with Crippen LogP contribution in [0.3, 0.4) is 0 Å². The largest absolute Gasteiger partial charge is 1.00 e. The summed E-state index contributed by atoms with van der Waals surface area (Å²) < 4.78 is 12.7. The molecule has 2 aromatic carbocycles. The molecule has 7 heteroatoms. The van der Waals surface area contributed by atoms with Crippen molar-refractivity contribution >= 4 is 11.6 Å². The van der Waals surface area contributed by atoms with Crippen LogP contribution in [0.5, 0.6) is 5.75 Å². The van der Waals surface area contributed by atoms with Crippen LogP contribution in [0, 0.1) is 0 Å². The predicted molar refractivity (Wildman–Crippen MR) is 108 cm³/mol. The minimum atomic E-state index is -0.368. The van der Waals surface area contributed by atoms with Crippen LogP contribution >= 0.6 is 0 Å². The van der Waals surface area contributed by atoms with Crippen LogP contribution < -0.4 is 26.3 Å². The molecule has 31 heavy (non-hydrogen) atoms. The van der Waals surface area contributed by atoms with Crippen molar-refractivity contribution in [2.24, 2.45) is 0 Å². The Morgan fingerprint density at radius 3 is 2.35 bits per heavy atom. The number of hydrogen-bond donors (Lipinski definition) is 0. The van der Waals surface area contributed by atoms with Crippen LogP contribution in [0.25, 0.3) is 11.3 Å². The molecule has 5 rings (SSSR count). The van der Waals surface area contributed by atoms with Gasteiger partial charge in [0.1, 0.15) is 17.0 Å². The highest BCUT2D eigenvalue weighted by molar-refractivity contribution is 6.30. The van der Waals surface area contributed by atoms with Gasteiger partial charge in [-0.05, 0) is 12.1 Å². The third-order valence-electron chi connectivity index (χ3n) is 5.22. The van der Waals surface area contributed by atoms with E-state index in [1.807, 2.05) is 47.3 Å². The van der Waals surface area contributed by atoms with Gasteiger partial charge in [0.15, 0.2) is 18.9 Å². The number of ketones is 2. The third-order valence-corrected chi connectivity index (χ3v) is 5.22. The van der Waals surface area contributed by atoms with Gasteiger partial charge in [0.2, 0.25) is 17.3 Å². The Morgan fingerprint density at radius 1 is 0.903 bits per heavy atom. The molecule has 2 heterocycles. The Bertz CT molecular complexity index is 1280. The summed E-state index contributed by atoms with van der Waals surface area (Å²) >= 11 is 0. The first-order valence-electron chi connectivity index (χ1n) is 9.47. The Labute approximate surface area is 188 Å². The molecule has 0 radical (unpaired) electrons. The molecule has 0 amide bonds. The first kappa shape index (κ1) is 20.7. The van der Waals surface area contributed by atoms with Crippen molar-refractivity contribution in [2.45, 2.75) is 6.54 Å². The van der Waals surface area contributed by atoms with Crippen LogP contribution in [0.4, 0.5) is 0 Å². The van der Waals surface area contributed by atoms with Gasteiger partial charge in [-0.15, -0.1) is 0 Å². The molecule has 0 spiro atoms. The number of hydrogen-bond acceptors (Lipinski definition) is 5. The van der Waals surface area contributed by atoms with E-state index in [1.165, 1.54) is 12.7 Å². The normalized spacial score (nSPS) is 12.0. The lowest BCUT2D eigenvalue weighted by Crippen LogP contribution is -3.00. The zero-order valence-corrected chi connectivity index (χ0v) is 18.1. The van der Waals surface area contributed by atoms with E-state index < -0.39 is 0 Å². The van der Waals surface area contributed by atoms with Crippen LogP contribution in [0.1, 0.15) is 37.6 Å². The minimum Gasteiger partial charge on any atom is -1.00 e. The van der Waals surface area contributed by atoms with Gasteiger partial charge in [0.25, 0.3) is 0 Å². The summed E-state index contributed by atoms with van der Waals surface area (Å²) in [4.78, 5) is 26.1. The molecule has 0 fully saturated rings. The average molecular weight is 477 g/mol. The second-order valence-electron chi connectivity index (χ2n) is 7.02. The summed E-state index contributed by atoms with van der Waals surface area (Å²) in [6, 6.07) is 18.8. The van der Waals surface area contributed by atoms with Crippen LogP contribution in [0.15, 0.2) is 77.6 Å². The number of fused-ring (bicyclic) bond motifs is 2. The highest BCUT2D eigenvalue weighted by Crippen LogP contribution is 2.37. The quantitative estimate of drug-likeness (QED) is 0.352. The minimum absolute atomic E-state index is 0. The number of carbonyl (C=O) groups excluding carboxylic acids is 2. The van der Waals surface area contributed by atoms with Gasteiger partial charge >= 0.3 is 0 Å². The molecule has 1 aliphatic carbocycles. The second kappa shape index (κ2) is 8.28. The first-order valence-corrected chi connectivity index (χ1v) is 9.47. The number of rotatable bonds is 4. The van der Waals surface area contributed by atoms with Crippen LogP contribution in [-0.4, -0.2) is 23.8 Å². The molecule has 4 aromatic rings. The summed E-state index contributed by atoms with van der Waals surface area (Å²) in [5.41, 5.74) is 2.92. The Balaban J connectivity index is 0.00000231. The molecule has 0 saturated carbocycles. The number of carbonyl (C=O) groups is 2. The Hall–Kier alpha value is -3.58. The molecule has 0 unspecified atom stereocenters. The lowest BCUT2D eigenvalue weighted by molar-refractivity contribution is -0.688. The zero-order valence-electron chi connectivity index (χ0n) is 16.5. The van der Waals surface area contributed by atoms with E-state index in [4.69, 9.17) is 9.26 Å². The molecule has 6 nitrogen and oxygen atoms in total. The van der Waals surface area contributed by atoms with Gasteiger partial charge in [-0.2, -0.15) is 0 Å². The van der Waals surface area contributed by atoms with Crippen LogP contribution in [-0.2, 0) is 6.54 Å². The summed E-state index contributed by atoms with van der Waals surface area (Å²) in [5, 5.41) is 4.05. The van der Waals surface area contributed by atoms with Crippen molar-refractivity contribution in [2.75, 3.05) is 7.11 Å². The van der Waals surface area contributed by atoms with E-state index in [0.29, 0.717) is 17.0 Å². The average Bonchev–Trinajstić information content (AvgIpc) is 3.24. The number of pyridine rings is 1. The predicted octanol–water partition coefficient (Wildman–Crippen LogP) is 0.465. The molecule has 0 aliphatic heterocycles. The van der Waals surface area contributed by atoms with Gasteiger partial charge in [0.05, 0.1) is 12.7 Å². The van der Waals surface area contributed by atoms with E-state index >= 15 is 0 Å². The number of aromatic nitrogens is 2. The lowest BCUT2D eigenvalue weighted by Gasteiger charge is -2.16. The molecule has 1 aliphatic rings. The molecule has 0 atom stereocenters. The van der Waals surface area contributed by atoms with Crippen molar-refractivity contribution in [1.29, 1.82) is 0 Å². The lowest BCUT2D eigenvalue weighted by atomic mass is 9.86. The molecule has 0 saturated heterocycles. The van der Waals surface area contributed by atoms with E-state index in [1.54, 1.807) is 18.2 Å². The maximum atomic E-state index is 13.3. The highest BCUT2D eigenvalue weighted by Gasteiger charge is 2.38. The monoisotopic (exact) mass is 476 g/mol. The Morgan fingerprint density at radius 2 is 1.65 bits per heavy atom. The smallest absolute Gasteiger partial charge is 0.232 e. The topological polar surface area (TPSA) is 73.3 Å². The fraction of sp³-hybridized carbons (Fsp3) is 0.0833. The molecular weight excluding hydrogens is 460 g/mol. The SMILES string of the molecule is COc1cccc2c1C(=O)c1c(-c3cc[n+](Cc4ccccc4)cc3)noc1C2=O.[Br-]. The second-order valence-corrected chi connectivity index (χ2v) is 7.02. The molecule has 0 N–H and O–H groups in total. The molecule has 154 valence electrons. The fourth-order valence-electron chi connectivity index (χ4n) is 3.74. The van der Waals surface area contributed by atoms with E-state index in [2.05, 4.69) is 17.3 Å². The first-order chi connectivity index (χ1) is 14.7. The summed E-state index contributed by atoms with van der Waals surface area (Å²) in [5.74, 6) is -0.365. The van der Waals surface area contributed by atoms with Crippen molar-refractivity contribution in [3.05, 3.63) is 101 Å². The van der Waals surface area contributed by atoms with Gasteiger partial charge < -0.3 is 26.2 Å². The summed E-state index contributed by atoms with van der Waals surface area (Å²) in [7, 11) is 1.47. The van der Waals surface area contributed by atoms with Gasteiger partial charge in [-0.1, -0.05) is 41.6 Å². The number of ether oxygens (including phenoxy) is 1. The highest BCUT2D eigenvalue weighted by atomic mass is 79.9. The van der Waals surface area contributed by atoms with Gasteiger partial charge in [-0.25, -0.2) is 4.57 Å². The van der Waals surface area contributed by atoms with E-state index in [-0.39, 0.29) is 51.0 Å². The molecule has 0 bridgehead atoms. The maximum Gasteiger partial charge on any atom is 0.232 e.